The van der Waals surface area contributed by atoms with Crippen LogP contribution in [0.3, 0.4) is 0 Å². The van der Waals surface area contributed by atoms with Crippen LogP contribution in [-0.4, -0.2) is 41.9 Å². The molecule has 2 aliphatic heterocycles. The average Bonchev–Trinajstić information content (AvgIpc) is 2.62. The summed E-state index contributed by atoms with van der Waals surface area (Å²) in [5.74, 6) is 1.97. The fourth-order valence-electron chi connectivity index (χ4n) is 2.95. The molecule has 0 saturated heterocycles. The maximum Gasteiger partial charge on any atom is 0.264 e. The number of nitrogens with zero attached hydrogens (tertiary/aromatic N) is 4. The highest BCUT2D eigenvalue weighted by molar-refractivity contribution is 6.20. The SMILES string of the molecule is COc1cccc(N2C3=NCCCN3C(=O)c3cccnc32)c1. The molecule has 0 radical (unpaired) electrons. The van der Waals surface area contributed by atoms with Crippen molar-refractivity contribution in [3.63, 3.8) is 0 Å². The molecule has 4 rings (SSSR count). The van der Waals surface area contributed by atoms with Crippen molar-refractivity contribution in [3.05, 3.63) is 48.2 Å². The van der Waals surface area contributed by atoms with Gasteiger partial charge in [-0.25, -0.2) is 4.98 Å². The number of rotatable bonds is 2. The number of hydrogen-bond donors (Lipinski definition) is 0. The Morgan fingerprint density at radius 1 is 1.22 bits per heavy atom. The Hall–Kier alpha value is -2.89. The zero-order valence-corrected chi connectivity index (χ0v) is 12.8. The summed E-state index contributed by atoms with van der Waals surface area (Å²) in [6.07, 6.45) is 2.56. The van der Waals surface area contributed by atoms with Crippen molar-refractivity contribution < 1.29 is 9.53 Å². The van der Waals surface area contributed by atoms with Crippen LogP contribution in [0.15, 0.2) is 47.6 Å². The van der Waals surface area contributed by atoms with Crippen LogP contribution in [0.5, 0.6) is 5.75 Å². The lowest BCUT2D eigenvalue weighted by atomic mass is 10.1. The molecule has 2 aliphatic rings. The molecule has 0 aliphatic carbocycles. The molecule has 0 unspecified atom stereocenters. The second kappa shape index (κ2) is 5.39. The first-order valence-electron chi connectivity index (χ1n) is 7.55. The third-order valence-electron chi connectivity index (χ3n) is 4.02. The first kappa shape index (κ1) is 13.8. The van der Waals surface area contributed by atoms with E-state index in [1.165, 1.54) is 0 Å². The minimum atomic E-state index is -0.0364. The van der Waals surface area contributed by atoms with Gasteiger partial charge in [-0.1, -0.05) is 6.07 Å². The van der Waals surface area contributed by atoms with Crippen LogP contribution in [-0.2, 0) is 0 Å². The highest BCUT2D eigenvalue weighted by Gasteiger charge is 2.37. The Morgan fingerprint density at radius 3 is 3.00 bits per heavy atom. The summed E-state index contributed by atoms with van der Waals surface area (Å²) in [5.41, 5.74) is 1.47. The molecule has 6 nitrogen and oxygen atoms in total. The van der Waals surface area contributed by atoms with Gasteiger partial charge in [-0.2, -0.15) is 0 Å². The smallest absolute Gasteiger partial charge is 0.264 e. The van der Waals surface area contributed by atoms with E-state index < -0.39 is 0 Å². The number of amides is 1. The lowest BCUT2D eigenvalue weighted by Gasteiger charge is -2.39. The number of aromatic nitrogens is 1. The Labute approximate surface area is 134 Å². The molecule has 23 heavy (non-hydrogen) atoms. The molecule has 3 heterocycles. The summed E-state index contributed by atoms with van der Waals surface area (Å²) < 4.78 is 5.32. The van der Waals surface area contributed by atoms with Gasteiger partial charge in [0, 0.05) is 25.4 Å². The zero-order valence-electron chi connectivity index (χ0n) is 12.8. The number of fused-ring (bicyclic) bond motifs is 2. The van der Waals surface area contributed by atoms with Crippen molar-refractivity contribution in [1.82, 2.24) is 9.88 Å². The molecule has 0 saturated carbocycles. The summed E-state index contributed by atoms with van der Waals surface area (Å²) in [6, 6.07) is 11.3. The van der Waals surface area contributed by atoms with Gasteiger partial charge in [-0.3, -0.25) is 19.6 Å². The van der Waals surface area contributed by atoms with Gasteiger partial charge in [0.25, 0.3) is 5.91 Å². The van der Waals surface area contributed by atoms with Crippen molar-refractivity contribution >= 4 is 23.4 Å². The van der Waals surface area contributed by atoms with E-state index in [-0.39, 0.29) is 5.91 Å². The Morgan fingerprint density at radius 2 is 2.13 bits per heavy atom. The predicted molar refractivity (Wildman–Crippen MR) is 87.3 cm³/mol. The fraction of sp³-hybridized carbons (Fsp3) is 0.235. The van der Waals surface area contributed by atoms with E-state index in [2.05, 4.69) is 9.98 Å². The summed E-state index contributed by atoms with van der Waals surface area (Å²) in [7, 11) is 1.63. The van der Waals surface area contributed by atoms with E-state index in [0.29, 0.717) is 30.4 Å². The number of carbonyl (C=O) groups is 1. The van der Waals surface area contributed by atoms with E-state index in [4.69, 9.17) is 4.74 Å². The monoisotopic (exact) mass is 308 g/mol. The zero-order chi connectivity index (χ0) is 15.8. The topological polar surface area (TPSA) is 58.0 Å². The molecule has 0 N–H and O–H groups in total. The van der Waals surface area contributed by atoms with Crippen molar-refractivity contribution in [2.75, 3.05) is 25.1 Å². The van der Waals surface area contributed by atoms with Crippen LogP contribution in [0.25, 0.3) is 0 Å². The minimum Gasteiger partial charge on any atom is -0.497 e. The lowest BCUT2D eigenvalue weighted by Crippen LogP contribution is -2.52. The van der Waals surface area contributed by atoms with E-state index >= 15 is 0 Å². The standard InChI is InChI=1S/C17H16N4O2/c1-23-13-6-2-5-12(11-13)21-15-14(7-3-8-18-15)16(22)20-10-4-9-19-17(20)21/h2-3,5-8,11H,4,9-10H2,1H3. The number of hydrogen-bond acceptors (Lipinski definition) is 5. The van der Waals surface area contributed by atoms with E-state index in [0.717, 1.165) is 17.9 Å². The van der Waals surface area contributed by atoms with Gasteiger partial charge in [-0.05, 0) is 30.7 Å². The number of methoxy groups -OCH3 is 1. The molecule has 1 aromatic heterocycles. The summed E-state index contributed by atoms with van der Waals surface area (Å²) >= 11 is 0. The molecule has 1 amide bonds. The number of ether oxygens (including phenoxy) is 1. The third kappa shape index (κ3) is 2.14. The number of guanidine groups is 1. The molecule has 0 atom stereocenters. The van der Waals surface area contributed by atoms with E-state index in [1.54, 1.807) is 24.3 Å². The quantitative estimate of drug-likeness (QED) is 0.855. The van der Waals surface area contributed by atoms with Crippen molar-refractivity contribution in [3.8, 4) is 5.75 Å². The van der Waals surface area contributed by atoms with Crippen molar-refractivity contribution in [1.29, 1.82) is 0 Å². The number of anilines is 2. The average molecular weight is 308 g/mol. The van der Waals surface area contributed by atoms with Crippen LogP contribution in [0.4, 0.5) is 11.5 Å². The molecular formula is C17H16N4O2. The van der Waals surface area contributed by atoms with E-state index in [1.807, 2.05) is 35.2 Å². The van der Waals surface area contributed by atoms with Gasteiger partial charge in [0.1, 0.15) is 5.75 Å². The fourth-order valence-corrected chi connectivity index (χ4v) is 2.95. The third-order valence-corrected chi connectivity index (χ3v) is 4.02. The highest BCUT2D eigenvalue weighted by Crippen LogP contribution is 2.35. The van der Waals surface area contributed by atoms with Crippen molar-refractivity contribution in [2.45, 2.75) is 6.42 Å². The van der Waals surface area contributed by atoms with Crippen LogP contribution in [0.2, 0.25) is 0 Å². The Balaban J connectivity index is 1.93. The number of aliphatic imine (C=N–C) groups is 1. The molecule has 0 spiro atoms. The largest absolute Gasteiger partial charge is 0.497 e. The Kier molecular flexibility index (Phi) is 3.22. The Bertz CT molecular complexity index is 803. The molecule has 0 fully saturated rings. The number of carbonyl (C=O) groups excluding carboxylic acids is 1. The van der Waals surface area contributed by atoms with Gasteiger partial charge >= 0.3 is 0 Å². The maximum absolute atomic E-state index is 12.7. The highest BCUT2D eigenvalue weighted by atomic mass is 16.5. The van der Waals surface area contributed by atoms with E-state index in [9.17, 15) is 4.79 Å². The summed E-state index contributed by atoms with van der Waals surface area (Å²) in [5, 5.41) is 0. The van der Waals surface area contributed by atoms with Crippen LogP contribution in [0, 0.1) is 0 Å². The van der Waals surface area contributed by atoms with Gasteiger partial charge in [0.05, 0.1) is 18.4 Å². The first-order valence-corrected chi connectivity index (χ1v) is 7.55. The van der Waals surface area contributed by atoms with Crippen LogP contribution >= 0.6 is 0 Å². The van der Waals surface area contributed by atoms with Gasteiger partial charge < -0.3 is 4.74 Å². The number of benzene rings is 1. The molecular weight excluding hydrogens is 292 g/mol. The van der Waals surface area contributed by atoms with Crippen LogP contribution < -0.4 is 9.64 Å². The minimum absolute atomic E-state index is 0.0364. The molecule has 1 aromatic carbocycles. The van der Waals surface area contributed by atoms with Crippen LogP contribution in [0.1, 0.15) is 16.8 Å². The van der Waals surface area contributed by atoms with Gasteiger partial charge in [-0.15, -0.1) is 0 Å². The normalized spacial score (nSPS) is 16.6. The summed E-state index contributed by atoms with van der Waals surface area (Å²) in [6.45, 7) is 1.38. The first-order chi connectivity index (χ1) is 11.3. The van der Waals surface area contributed by atoms with Gasteiger partial charge in [0.15, 0.2) is 5.82 Å². The molecule has 0 bridgehead atoms. The molecule has 2 aromatic rings. The predicted octanol–water partition coefficient (Wildman–Crippen LogP) is 2.44. The second-order valence-electron chi connectivity index (χ2n) is 5.40. The van der Waals surface area contributed by atoms with Crippen molar-refractivity contribution in [2.24, 2.45) is 4.99 Å². The second-order valence-corrected chi connectivity index (χ2v) is 5.40. The lowest BCUT2D eigenvalue weighted by molar-refractivity contribution is 0.0834. The molecule has 6 heteroatoms. The number of pyridine rings is 1. The molecule has 116 valence electrons. The summed E-state index contributed by atoms with van der Waals surface area (Å²) in [4.78, 5) is 25.4. The maximum atomic E-state index is 12.7. The van der Waals surface area contributed by atoms with Gasteiger partial charge in [0.2, 0.25) is 5.96 Å².